The van der Waals surface area contributed by atoms with Gasteiger partial charge in [0.05, 0.1) is 0 Å². The molecule has 0 bridgehead atoms. The molecule has 0 fully saturated rings. The van der Waals surface area contributed by atoms with Crippen LogP contribution in [0.5, 0.6) is 0 Å². The van der Waals surface area contributed by atoms with Crippen molar-refractivity contribution in [3.63, 3.8) is 0 Å². The molecule has 0 radical (unpaired) electrons. The average Bonchev–Trinajstić information content (AvgIpc) is 3.07. The van der Waals surface area contributed by atoms with Gasteiger partial charge >= 0.3 is 163 Å². The Morgan fingerprint density at radius 1 is 0.880 bits per heavy atom. The fourth-order valence-corrected chi connectivity index (χ4v) is 5.78. The quantitative estimate of drug-likeness (QED) is 0.382. The van der Waals surface area contributed by atoms with Gasteiger partial charge in [-0.3, -0.25) is 0 Å². The molecule has 0 aliphatic heterocycles. The summed E-state index contributed by atoms with van der Waals surface area (Å²) in [6, 6.07) is 28.2. The van der Waals surface area contributed by atoms with E-state index in [4.69, 9.17) is 0 Å². The van der Waals surface area contributed by atoms with E-state index in [1.165, 1.54) is 26.5 Å². The number of nitrogens with one attached hydrogen (secondary N) is 1. The summed E-state index contributed by atoms with van der Waals surface area (Å²) in [5, 5.41) is 2.47. The first kappa shape index (κ1) is 16.7. The molecule has 1 N–H and O–H groups in total. The van der Waals surface area contributed by atoms with Gasteiger partial charge in [-0.1, -0.05) is 0 Å². The summed E-state index contributed by atoms with van der Waals surface area (Å²) >= 11 is 4.06. The van der Waals surface area contributed by atoms with Gasteiger partial charge in [0.15, 0.2) is 0 Å². The topological polar surface area (TPSA) is 15.8 Å². The molecule has 0 aliphatic rings. The van der Waals surface area contributed by atoms with Crippen molar-refractivity contribution in [1.82, 2.24) is 4.98 Å². The second kappa shape index (κ2) is 7.61. The number of rotatable bonds is 5. The number of aromatic amines is 1. The molecular weight excluding hydrogens is 437 g/mol. The van der Waals surface area contributed by atoms with Crippen molar-refractivity contribution < 1.29 is 0 Å². The Labute approximate surface area is 162 Å². The molecule has 0 saturated heterocycles. The van der Waals surface area contributed by atoms with E-state index < -0.39 is 0 Å². The van der Waals surface area contributed by atoms with Crippen molar-refractivity contribution in [2.24, 2.45) is 0 Å². The Balaban J connectivity index is 1.73. The first-order valence-corrected chi connectivity index (χ1v) is 11.2. The van der Waals surface area contributed by atoms with Crippen LogP contribution in [0.2, 0.25) is 5.32 Å². The van der Waals surface area contributed by atoms with E-state index in [0.717, 1.165) is 9.79 Å². The van der Waals surface area contributed by atoms with Crippen LogP contribution in [0, 0.1) is 0 Å². The molecule has 0 saturated carbocycles. The molecule has 1 unspecified atom stereocenters. The van der Waals surface area contributed by atoms with Gasteiger partial charge in [0.1, 0.15) is 0 Å². The normalized spacial score (nSPS) is 12.4. The van der Waals surface area contributed by atoms with Crippen molar-refractivity contribution in [1.29, 1.82) is 0 Å². The molecule has 1 nitrogen and oxygen atoms in total. The molecule has 0 aliphatic carbocycles. The average molecular weight is 455 g/mol. The molecule has 3 heteroatoms. The van der Waals surface area contributed by atoms with Crippen molar-refractivity contribution in [2.45, 2.75) is 11.2 Å². The van der Waals surface area contributed by atoms with Crippen LogP contribution in [0.15, 0.2) is 89.5 Å². The fourth-order valence-electron chi connectivity index (χ4n) is 3.15. The van der Waals surface area contributed by atoms with Gasteiger partial charge in [0.25, 0.3) is 0 Å². The van der Waals surface area contributed by atoms with Crippen LogP contribution in [0.1, 0.15) is 17.0 Å². The van der Waals surface area contributed by atoms with Crippen molar-refractivity contribution >= 4 is 46.3 Å². The predicted molar refractivity (Wildman–Crippen MR) is 111 cm³/mol. The summed E-state index contributed by atoms with van der Waals surface area (Å²) < 4.78 is 2.58. The summed E-state index contributed by atoms with van der Waals surface area (Å²) in [5.74, 6) is 0.407. The number of hydrogen-bond donors (Lipinski definition) is 1. The molecule has 0 amide bonds. The third-order valence-corrected chi connectivity index (χ3v) is 7.23. The van der Waals surface area contributed by atoms with E-state index >= 15 is 0 Å². The van der Waals surface area contributed by atoms with Crippen LogP contribution in [-0.2, 0) is 0 Å². The summed E-state index contributed by atoms with van der Waals surface area (Å²) in [4.78, 5) is 3.45. The Kier molecular flexibility index (Phi) is 5.07. The maximum atomic E-state index is 3.62. The molecule has 0 spiro atoms. The second-order valence-corrected chi connectivity index (χ2v) is 9.23. The molecule has 4 rings (SSSR count). The van der Waals surface area contributed by atoms with E-state index in [2.05, 4.69) is 106 Å². The molecule has 1 aromatic heterocycles. The summed E-state index contributed by atoms with van der Waals surface area (Å²) in [7, 11) is 0. The number of aromatic nitrogens is 1. The number of fused-ring (bicyclic) bond motifs is 1. The van der Waals surface area contributed by atoms with Gasteiger partial charge in [0.2, 0.25) is 0 Å². The minimum atomic E-state index is 0.407. The van der Waals surface area contributed by atoms with E-state index in [-0.39, 0.29) is 0 Å². The Morgan fingerprint density at radius 2 is 1.60 bits per heavy atom. The van der Waals surface area contributed by atoms with Gasteiger partial charge in [-0.05, 0) is 0 Å². The number of hydrogen-bond acceptors (Lipinski definition) is 0. The van der Waals surface area contributed by atoms with Gasteiger partial charge in [0, 0.05) is 0 Å². The molecule has 124 valence electrons. The van der Waals surface area contributed by atoms with Crippen LogP contribution < -0.4 is 4.46 Å². The first-order valence-electron chi connectivity index (χ1n) is 8.30. The summed E-state index contributed by atoms with van der Waals surface area (Å²) in [6.07, 6.45) is 2.19. The SMILES string of the molecule is Brc1ccc2[nH]cc(C(C[Se]c3ccccc3)c3ccccc3)c2c1. The third-order valence-electron chi connectivity index (χ3n) is 4.41. The zero-order chi connectivity index (χ0) is 17.1. The Hall–Kier alpha value is -1.80. The number of benzene rings is 3. The molecule has 3 aromatic carbocycles. The second-order valence-electron chi connectivity index (χ2n) is 6.02. The predicted octanol–water partition coefficient (Wildman–Crippen LogP) is 5.51. The molecule has 1 atom stereocenters. The van der Waals surface area contributed by atoms with Gasteiger partial charge in [-0.25, -0.2) is 0 Å². The van der Waals surface area contributed by atoms with Crippen LogP contribution >= 0.6 is 15.9 Å². The Bertz CT molecular complexity index is 963. The van der Waals surface area contributed by atoms with Crippen molar-refractivity contribution in [2.75, 3.05) is 0 Å². The Morgan fingerprint density at radius 3 is 2.36 bits per heavy atom. The standard InChI is InChI=1S/C22H18BrNSe/c23-17-11-12-22-19(13-17)20(14-24-22)21(16-7-3-1-4-8-16)15-25-18-9-5-2-6-10-18/h1-14,21,24H,15H2. The monoisotopic (exact) mass is 455 g/mol. The first-order chi connectivity index (χ1) is 12.3. The number of H-pyrrole nitrogens is 1. The van der Waals surface area contributed by atoms with Crippen LogP contribution in [-0.4, -0.2) is 19.9 Å². The maximum absolute atomic E-state index is 3.62. The van der Waals surface area contributed by atoms with Crippen LogP contribution in [0.3, 0.4) is 0 Å². The molecular formula is C22H18BrNSe. The van der Waals surface area contributed by atoms with Crippen LogP contribution in [0.4, 0.5) is 0 Å². The van der Waals surface area contributed by atoms with E-state index in [1.807, 2.05) is 0 Å². The van der Waals surface area contributed by atoms with E-state index in [9.17, 15) is 0 Å². The summed E-state index contributed by atoms with van der Waals surface area (Å²) in [6.45, 7) is 0. The zero-order valence-electron chi connectivity index (χ0n) is 13.7. The van der Waals surface area contributed by atoms with Crippen molar-refractivity contribution in [3.05, 3.63) is 101 Å². The van der Waals surface area contributed by atoms with Crippen LogP contribution in [0.25, 0.3) is 10.9 Å². The van der Waals surface area contributed by atoms with E-state index in [1.54, 1.807) is 0 Å². The minimum absolute atomic E-state index is 0.407. The zero-order valence-corrected chi connectivity index (χ0v) is 17.0. The molecule has 25 heavy (non-hydrogen) atoms. The van der Waals surface area contributed by atoms with Gasteiger partial charge < -0.3 is 0 Å². The van der Waals surface area contributed by atoms with E-state index in [0.29, 0.717) is 20.9 Å². The van der Waals surface area contributed by atoms with Gasteiger partial charge in [-0.2, -0.15) is 0 Å². The number of halogens is 1. The van der Waals surface area contributed by atoms with Gasteiger partial charge in [-0.15, -0.1) is 0 Å². The third kappa shape index (κ3) is 3.74. The fraction of sp³-hybridized carbons (Fsp3) is 0.0909. The molecule has 1 heterocycles. The summed E-state index contributed by atoms with van der Waals surface area (Å²) in [5.41, 5.74) is 3.98. The van der Waals surface area contributed by atoms with Crippen molar-refractivity contribution in [3.8, 4) is 0 Å². The molecule has 4 aromatic rings.